The maximum absolute atomic E-state index is 15.0. The molecule has 4 aromatic rings. The zero-order valence-electron chi connectivity index (χ0n) is 17.3. The smallest absolute Gasteiger partial charge is 0.333 e. The molecule has 0 saturated carbocycles. The molecule has 0 aliphatic rings. The first kappa shape index (κ1) is 21.9. The molecule has 0 N–H and O–H groups in total. The van der Waals surface area contributed by atoms with Crippen LogP contribution >= 0.6 is 11.3 Å². The van der Waals surface area contributed by atoms with Crippen molar-refractivity contribution in [3.05, 3.63) is 47.1 Å². The molecule has 4 rings (SSSR count). The van der Waals surface area contributed by atoms with Crippen molar-refractivity contribution in [2.45, 2.75) is 45.8 Å². The summed E-state index contributed by atoms with van der Waals surface area (Å²) in [5, 5.41) is 11.8. The molecule has 8 nitrogen and oxygen atoms in total. The number of esters is 1. The molecule has 12 heteroatoms. The van der Waals surface area contributed by atoms with Crippen LogP contribution in [0.3, 0.4) is 0 Å². The number of alkyl halides is 2. The Morgan fingerprint density at radius 3 is 2.69 bits per heavy atom. The van der Waals surface area contributed by atoms with Gasteiger partial charge in [-0.2, -0.15) is 13.9 Å². The van der Waals surface area contributed by atoms with Gasteiger partial charge in [0.25, 0.3) is 0 Å². The van der Waals surface area contributed by atoms with Gasteiger partial charge in [-0.1, -0.05) is 0 Å². The number of carbonyl (C=O) groups excluding carboxylic acids is 1. The summed E-state index contributed by atoms with van der Waals surface area (Å²) in [7, 11) is 0. The van der Waals surface area contributed by atoms with Crippen molar-refractivity contribution in [2.24, 2.45) is 0 Å². The van der Waals surface area contributed by atoms with E-state index in [1.165, 1.54) is 12.3 Å². The van der Waals surface area contributed by atoms with Crippen molar-refractivity contribution in [3.63, 3.8) is 0 Å². The highest BCUT2D eigenvalue weighted by Crippen LogP contribution is 2.33. The summed E-state index contributed by atoms with van der Waals surface area (Å²) in [4.78, 5) is 16.3. The fourth-order valence-corrected chi connectivity index (χ4v) is 3.94. The van der Waals surface area contributed by atoms with E-state index >= 15 is 4.39 Å². The second kappa shape index (κ2) is 8.34. The molecule has 0 aliphatic carbocycles. The Kier molecular flexibility index (Phi) is 5.71. The summed E-state index contributed by atoms with van der Waals surface area (Å²) in [5.74, 6) is -0.727. The number of carbonyl (C=O) groups is 1. The SMILES string of the molecule is CC(C)(C)OC(=O)Cc1nnc(Cc2nc3ccc(-c4cnn(C(F)F)c4)c(F)c3s2)o1. The first-order chi connectivity index (χ1) is 15.1. The molecule has 0 aliphatic heterocycles. The minimum atomic E-state index is -2.81. The molecule has 168 valence electrons. The molecule has 0 unspecified atom stereocenters. The van der Waals surface area contributed by atoms with Crippen LogP contribution in [0.2, 0.25) is 0 Å². The minimum absolute atomic E-state index is 0.111. The highest BCUT2D eigenvalue weighted by Gasteiger charge is 2.21. The first-order valence-corrected chi connectivity index (χ1v) is 10.3. The number of ether oxygens (including phenoxy) is 1. The molecule has 1 aromatic carbocycles. The van der Waals surface area contributed by atoms with Crippen LogP contribution in [-0.4, -0.2) is 36.5 Å². The van der Waals surface area contributed by atoms with E-state index < -0.39 is 23.9 Å². The van der Waals surface area contributed by atoms with Gasteiger partial charge in [0.05, 0.1) is 22.8 Å². The molecular formula is C20H18F3N5O3S. The molecule has 32 heavy (non-hydrogen) atoms. The largest absolute Gasteiger partial charge is 0.460 e. The minimum Gasteiger partial charge on any atom is -0.460 e. The van der Waals surface area contributed by atoms with E-state index in [1.54, 1.807) is 26.8 Å². The Labute approximate surface area is 184 Å². The zero-order chi connectivity index (χ0) is 23.0. The number of nitrogens with zero attached hydrogens (tertiary/aromatic N) is 5. The van der Waals surface area contributed by atoms with Crippen molar-refractivity contribution in [3.8, 4) is 11.1 Å². The maximum atomic E-state index is 15.0. The van der Waals surface area contributed by atoms with E-state index in [1.807, 2.05) is 0 Å². The Hall–Kier alpha value is -3.28. The fraction of sp³-hybridized carbons (Fsp3) is 0.350. The van der Waals surface area contributed by atoms with Crippen LogP contribution in [0.1, 0.15) is 44.1 Å². The highest BCUT2D eigenvalue weighted by molar-refractivity contribution is 7.18. The molecule has 0 atom stereocenters. The third-order valence-corrected chi connectivity index (χ3v) is 5.24. The van der Waals surface area contributed by atoms with Crippen LogP contribution in [0.25, 0.3) is 21.3 Å². The van der Waals surface area contributed by atoms with Crippen molar-refractivity contribution in [1.29, 1.82) is 0 Å². The van der Waals surface area contributed by atoms with Gasteiger partial charge in [0.15, 0.2) is 5.82 Å². The van der Waals surface area contributed by atoms with Crippen LogP contribution in [-0.2, 0) is 22.4 Å². The van der Waals surface area contributed by atoms with Crippen LogP contribution in [0.15, 0.2) is 28.9 Å². The first-order valence-electron chi connectivity index (χ1n) is 9.53. The highest BCUT2D eigenvalue weighted by atomic mass is 32.1. The number of thiazole rings is 1. The summed E-state index contributed by atoms with van der Waals surface area (Å²) >= 11 is 1.09. The van der Waals surface area contributed by atoms with Gasteiger partial charge >= 0.3 is 12.5 Å². The summed E-state index contributed by atoms with van der Waals surface area (Å²) < 4.78 is 52.0. The molecule has 0 spiro atoms. The summed E-state index contributed by atoms with van der Waals surface area (Å²) in [6, 6.07) is 3.08. The second-order valence-electron chi connectivity index (χ2n) is 7.90. The van der Waals surface area contributed by atoms with Gasteiger partial charge in [-0.15, -0.1) is 21.5 Å². The summed E-state index contributed by atoms with van der Waals surface area (Å²) in [6.07, 6.45) is 2.26. The van der Waals surface area contributed by atoms with Gasteiger partial charge in [-0.25, -0.2) is 14.1 Å². The zero-order valence-corrected chi connectivity index (χ0v) is 18.1. The van der Waals surface area contributed by atoms with Gasteiger partial charge in [-0.3, -0.25) is 4.79 Å². The Balaban J connectivity index is 1.52. The van der Waals surface area contributed by atoms with Gasteiger partial charge in [-0.05, 0) is 32.9 Å². The monoisotopic (exact) mass is 465 g/mol. The quantitative estimate of drug-likeness (QED) is 0.386. The number of fused-ring (bicyclic) bond motifs is 1. The molecular weight excluding hydrogens is 447 g/mol. The lowest BCUT2D eigenvalue weighted by Crippen LogP contribution is -2.24. The average molecular weight is 465 g/mol. The number of hydrogen-bond donors (Lipinski definition) is 0. The number of benzene rings is 1. The van der Waals surface area contributed by atoms with Gasteiger partial charge in [0.1, 0.15) is 17.0 Å². The molecule has 0 bridgehead atoms. The van der Waals surface area contributed by atoms with E-state index in [0.29, 0.717) is 15.2 Å². The number of rotatable bonds is 6. The molecule has 3 aromatic heterocycles. The van der Waals surface area contributed by atoms with Crippen molar-refractivity contribution < 1.29 is 27.1 Å². The van der Waals surface area contributed by atoms with Crippen molar-refractivity contribution in [1.82, 2.24) is 25.0 Å². The molecule has 0 radical (unpaired) electrons. The van der Waals surface area contributed by atoms with Gasteiger partial charge in [0.2, 0.25) is 11.8 Å². The Morgan fingerprint density at radius 2 is 2.00 bits per heavy atom. The lowest BCUT2D eigenvalue weighted by molar-refractivity contribution is -0.154. The predicted octanol–water partition coefficient (Wildman–Crippen LogP) is 4.55. The van der Waals surface area contributed by atoms with E-state index in [2.05, 4.69) is 20.3 Å². The van der Waals surface area contributed by atoms with Crippen molar-refractivity contribution in [2.75, 3.05) is 0 Å². The third-order valence-electron chi connectivity index (χ3n) is 4.18. The standard InChI is InChI=1S/C20H18F3N5O3S/c1-20(2,3)31-16(29)7-14-27-26-13(30-14)6-15-25-12-5-4-11(17(21)18(12)32-15)10-8-24-28(9-10)19(22)23/h4-5,8-9,19H,6-7H2,1-3H3. The topological polar surface area (TPSA) is 95.9 Å². The van der Waals surface area contributed by atoms with Gasteiger partial charge in [0, 0.05) is 17.3 Å². The van der Waals surface area contributed by atoms with E-state index in [0.717, 1.165) is 17.5 Å². The lowest BCUT2D eigenvalue weighted by atomic mass is 10.1. The lowest BCUT2D eigenvalue weighted by Gasteiger charge is -2.18. The number of halogens is 3. The second-order valence-corrected chi connectivity index (χ2v) is 8.98. The fourth-order valence-electron chi connectivity index (χ4n) is 2.95. The molecule has 0 saturated heterocycles. The normalized spacial score (nSPS) is 12.1. The van der Waals surface area contributed by atoms with Crippen LogP contribution in [0.5, 0.6) is 0 Å². The van der Waals surface area contributed by atoms with E-state index in [9.17, 15) is 13.6 Å². The predicted molar refractivity (Wildman–Crippen MR) is 109 cm³/mol. The Morgan fingerprint density at radius 1 is 1.25 bits per heavy atom. The van der Waals surface area contributed by atoms with Crippen LogP contribution in [0.4, 0.5) is 13.2 Å². The number of hydrogen-bond acceptors (Lipinski definition) is 8. The summed E-state index contributed by atoms with van der Waals surface area (Å²) in [6.45, 7) is 2.46. The number of aromatic nitrogens is 5. The Bertz CT molecular complexity index is 1280. The maximum Gasteiger partial charge on any atom is 0.333 e. The van der Waals surface area contributed by atoms with Crippen LogP contribution < -0.4 is 0 Å². The van der Waals surface area contributed by atoms with E-state index in [-0.39, 0.29) is 40.4 Å². The average Bonchev–Trinajstić information content (AvgIpc) is 3.40. The molecule has 3 heterocycles. The summed E-state index contributed by atoms with van der Waals surface area (Å²) in [5.41, 5.74) is 0.184. The van der Waals surface area contributed by atoms with Gasteiger partial charge < -0.3 is 9.15 Å². The molecule has 0 amide bonds. The molecule has 0 fully saturated rings. The van der Waals surface area contributed by atoms with E-state index in [4.69, 9.17) is 9.15 Å². The van der Waals surface area contributed by atoms with Crippen molar-refractivity contribution >= 4 is 27.5 Å². The van der Waals surface area contributed by atoms with Crippen LogP contribution in [0, 0.1) is 5.82 Å². The third kappa shape index (κ3) is 4.79.